The number of aliphatic hydroxyl groups excluding tert-OH is 3. The Morgan fingerprint density at radius 1 is 0.750 bits per heavy atom. The van der Waals surface area contributed by atoms with Gasteiger partial charge in [0.05, 0.1) is 43.7 Å². The van der Waals surface area contributed by atoms with Crippen LogP contribution in [0.3, 0.4) is 0 Å². The van der Waals surface area contributed by atoms with Gasteiger partial charge in [-0.3, -0.25) is 28.5 Å². The zero-order chi connectivity index (χ0) is 55.9. The molecule has 6 amide bonds. The Bertz CT molecular complexity index is 2380. The molecule has 0 spiro atoms. The molecule has 2 aromatic carbocycles. The van der Waals surface area contributed by atoms with Crippen molar-refractivity contribution in [3.63, 3.8) is 0 Å². The van der Waals surface area contributed by atoms with E-state index in [1.807, 2.05) is 33.8 Å². The number of aromatic nitrogens is 2. The van der Waals surface area contributed by atoms with Gasteiger partial charge in [-0.15, -0.1) is 11.8 Å². The zero-order valence-electron chi connectivity index (χ0n) is 44.5. The number of alkyl carbamates (subject to hydrolysis) is 1. The maximum Gasteiger partial charge on any atom is 0.408 e. The molecule has 0 bridgehead atoms. The first-order valence-electron chi connectivity index (χ1n) is 25.9. The van der Waals surface area contributed by atoms with Gasteiger partial charge in [-0.05, 0) is 79.7 Å². The maximum atomic E-state index is 14.0. The predicted molar refractivity (Wildman–Crippen MR) is 286 cm³/mol. The molecule has 1 aromatic heterocycles. The van der Waals surface area contributed by atoms with Crippen molar-refractivity contribution in [1.82, 2.24) is 41.5 Å². The number of amides is 6. The molecule has 3 aromatic rings. The van der Waals surface area contributed by atoms with Crippen LogP contribution in [-0.4, -0.2) is 139 Å². The van der Waals surface area contributed by atoms with Crippen molar-refractivity contribution in [1.29, 1.82) is 0 Å². The fourth-order valence-corrected chi connectivity index (χ4v) is 9.14. The molecule has 1 aliphatic rings. The number of aliphatic hydroxyl groups is 3. The van der Waals surface area contributed by atoms with E-state index in [9.17, 15) is 54.0 Å². The summed E-state index contributed by atoms with van der Waals surface area (Å²) in [5.74, 6) is -2.67. The molecule has 0 saturated carbocycles. The predicted octanol–water partition coefficient (Wildman–Crippen LogP) is 2.58. The van der Waals surface area contributed by atoms with Gasteiger partial charge >= 0.3 is 11.8 Å². The Hall–Kier alpha value is -6.27. The van der Waals surface area contributed by atoms with E-state index in [4.69, 9.17) is 9.47 Å². The highest BCUT2D eigenvalue weighted by Gasteiger charge is 2.34. The van der Waals surface area contributed by atoms with Crippen LogP contribution < -0.4 is 42.9 Å². The lowest BCUT2D eigenvalue weighted by Crippen LogP contribution is -2.58. The number of aromatic hydroxyl groups is 1. The quantitative estimate of drug-likeness (QED) is 0.0413. The molecule has 22 nitrogen and oxygen atoms in total. The highest BCUT2D eigenvalue weighted by atomic mass is 32.2. The number of carbonyl (C=O) groups excluding carboxylic acids is 6. The van der Waals surface area contributed by atoms with Crippen molar-refractivity contribution < 1.29 is 58.7 Å². The van der Waals surface area contributed by atoms with Crippen LogP contribution in [0.2, 0.25) is 0 Å². The summed E-state index contributed by atoms with van der Waals surface area (Å²) in [5.41, 5.74) is 0.474. The lowest BCUT2D eigenvalue weighted by Gasteiger charge is -2.30. The lowest BCUT2D eigenvalue weighted by atomic mass is 9.95. The van der Waals surface area contributed by atoms with E-state index in [0.717, 1.165) is 5.56 Å². The molecular formula is C53H79N9O13S. The van der Waals surface area contributed by atoms with Gasteiger partial charge in [0.15, 0.2) is 0 Å². The summed E-state index contributed by atoms with van der Waals surface area (Å²) in [6.07, 6.45) is -1.47. The molecule has 1 fully saturated rings. The number of phenols is 1. The molecule has 9 atom stereocenters. The van der Waals surface area contributed by atoms with Crippen LogP contribution in [0, 0.1) is 17.8 Å². The zero-order valence-corrected chi connectivity index (χ0v) is 45.3. The number of unbranched alkanes of at least 4 members (excludes halogenated alkanes) is 1. The summed E-state index contributed by atoms with van der Waals surface area (Å²) in [4.78, 5) is 97.1. The summed E-state index contributed by atoms with van der Waals surface area (Å²) < 4.78 is 12.4. The SMILES string of the molecule is CC(C)CC(NC(=O)[C@H](C)NC(=O)C[C@H](O)C(CC(C)C)NC(=O)[C@@H](NC(=O)[C@H](Cc1ccc(O)cc1)NC(=O)OCc1ccccc1)C(C)C)[C@@H](O)CC(=O)NCCCCNc1ccn([C@H]2CS[C@@H](CO)O2)c(=O)n1. The van der Waals surface area contributed by atoms with Crippen LogP contribution in [0.15, 0.2) is 71.7 Å². The van der Waals surface area contributed by atoms with Gasteiger partial charge in [0.25, 0.3) is 0 Å². The molecule has 2 heterocycles. The molecule has 4 rings (SSSR count). The summed E-state index contributed by atoms with van der Waals surface area (Å²) >= 11 is 1.42. The minimum absolute atomic E-state index is 0.00925. The van der Waals surface area contributed by atoms with Crippen molar-refractivity contribution in [3.8, 4) is 5.75 Å². The Labute approximate surface area is 448 Å². The minimum Gasteiger partial charge on any atom is -0.508 e. The summed E-state index contributed by atoms with van der Waals surface area (Å²) in [6, 6.07) is 11.5. The molecule has 23 heteroatoms. The minimum atomic E-state index is -1.42. The van der Waals surface area contributed by atoms with Gasteiger partial charge in [-0.25, -0.2) is 9.59 Å². The third-order valence-electron chi connectivity index (χ3n) is 12.3. The third-order valence-corrected chi connectivity index (χ3v) is 13.4. The average molecular weight is 1080 g/mol. The van der Waals surface area contributed by atoms with Crippen LogP contribution in [-0.2, 0) is 46.5 Å². The average Bonchev–Trinajstić information content (AvgIpc) is 3.85. The van der Waals surface area contributed by atoms with Crippen molar-refractivity contribution in [2.75, 3.05) is 30.8 Å². The number of phenolic OH excluding ortho intramolecular Hbond substituents is 1. The van der Waals surface area contributed by atoms with E-state index in [2.05, 4.69) is 42.2 Å². The molecule has 76 heavy (non-hydrogen) atoms. The smallest absolute Gasteiger partial charge is 0.408 e. The van der Waals surface area contributed by atoms with E-state index >= 15 is 0 Å². The first-order valence-corrected chi connectivity index (χ1v) is 27.0. The van der Waals surface area contributed by atoms with Crippen LogP contribution in [0.5, 0.6) is 5.75 Å². The molecule has 420 valence electrons. The number of benzene rings is 2. The van der Waals surface area contributed by atoms with E-state index in [1.165, 1.54) is 35.4 Å². The first kappa shape index (κ1) is 62.3. The number of hydrogen-bond donors (Lipinski definition) is 11. The number of carbonyl (C=O) groups is 6. The first-order chi connectivity index (χ1) is 36.1. The molecule has 1 aliphatic heterocycles. The topological polar surface area (TPSA) is 321 Å². The van der Waals surface area contributed by atoms with E-state index in [-0.39, 0.29) is 55.5 Å². The van der Waals surface area contributed by atoms with E-state index < -0.39 is 102 Å². The van der Waals surface area contributed by atoms with Crippen LogP contribution in [0.1, 0.15) is 104 Å². The van der Waals surface area contributed by atoms with Gasteiger partial charge in [0.1, 0.15) is 48.0 Å². The van der Waals surface area contributed by atoms with Crippen molar-refractivity contribution in [2.24, 2.45) is 17.8 Å². The molecule has 0 radical (unpaired) electrons. The monoisotopic (exact) mass is 1080 g/mol. The Balaban J connectivity index is 1.26. The normalized spacial score (nSPS) is 17.1. The number of anilines is 1. The second kappa shape index (κ2) is 31.7. The fraction of sp³-hybridized carbons (Fsp3) is 0.585. The van der Waals surface area contributed by atoms with Gasteiger partial charge < -0.3 is 67.1 Å². The second-order valence-corrected chi connectivity index (χ2v) is 21.4. The van der Waals surface area contributed by atoms with Crippen LogP contribution in [0.4, 0.5) is 10.6 Å². The van der Waals surface area contributed by atoms with E-state index in [0.29, 0.717) is 49.5 Å². The van der Waals surface area contributed by atoms with Gasteiger partial charge in [0, 0.05) is 31.5 Å². The van der Waals surface area contributed by atoms with Crippen molar-refractivity contribution in [3.05, 3.63) is 88.5 Å². The number of hydrogen-bond acceptors (Lipinski definition) is 16. The number of ether oxygens (including phenoxy) is 2. The number of nitrogens with zero attached hydrogens (tertiary/aromatic N) is 2. The maximum absolute atomic E-state index is 14.0. The number of rotatable bonds is 31. The van der Waals surface area contributed by atoms with Gasteiger partial charge in [0.2, 0.25) is 29.5 Å². The Kier molecular flexibility index (Phi) is 26.0. The van der Waals surface area contributed by atoms with Crippen molar-refractivity contribution >= 4 is 53.2 Å². The molecule has 1 saturated heterocycles. The van der Waals surface area contributed by atoms with Crippen LogP contribution in [0.25, 0.3) is 0 Å². The largest absolute Gasteiger partial charge is 0.508 e. The van der Waals surface area contributed by atoms with E-state index in [1.54, 1.807) is 62.5 Å². The van der Waals surface area contributed by atoms with Gasteiger partial charge in [-0.1, -0.05) is 84.0 Å². The second-order valence-electron chi connectivity index (χ2n) is 20.2. The third kappa shape index (κ3) is 21.8. The highest BCUT2D eigenvalue weighted by molar-refractivity contribution is 8.00. The van der Waals surface area contributed by atoms with Gasteiger partial charge in [-0.2, -0.15) is 4.98 Å². The lowest BCUT2D eigenvalue weighted by molar-refractivity contribution is -0.133. The molecular weight excluding hydrogens is 1000 g/mol. The molecule has 11 N–H and O–H groups in total. The summed E-state index contributed by atoms with van der Waals surface area (Å²) in [5, 5.41) is 61.0. The summed E-state index contributed by atoms with van der Waals surface area (Å²) in [6.45, 7) is 13.0. The summed E-state index contributed by atoms with van der Waals surface area (Å²) in [7, 11) is 0. The fourth-order valence-electron chi connectivity index (χ4n) is 8.21. The van der Waals surface area contributed by atoms with Crippen molar-refractivity contribution in [2.45, 2.75) is 154 Å². The Morgan fingerprint density at radius 2 is 1.37 bits per heavy atom. The molecule has 0 aliphatic carbocycles. The Morgan fingerprint density at radius 3 is 1.96 bits per heavy atom. The molecule has 2 unspecified atom stereocenters. The number of nitrogens with one attached hydrogen (secondary N) is 7. The van der Waals surface area contributed by atoms with Crippen LogP contribution >= 0.6 is 11.8 Å². The standard InChI is InChI=1S/C53H79N9O13S/c1-31(2)23-38(41(65)26-44(67)55-21-12-11-20-54-43-19-22-62(52(72)60-43)46-30-76-47(28-63)75-46)57-49(69)34(7)56-45(68)27-42(66)39(24-32(3)4)58-51(71)48(33(5)6)61-50(70)40(25-35-15-17-37(64)18-16-35)59-53(73)74-29-36-13-9-8-10-14-36/h8-10,13-19,22,31-34,38-42,46-48,63-66H,11-12,20-21,23-30H2,1-7H3,(H,55,67)(H,56,68)(H,57,69)(H,58,71)(H,59,73)(H,61,70)(H,54,60,72)/t34-,38?,39?,40-,41-,42-,46+,47-,48-/m0/s1. The number of thioether (sulfide) groups is 1. The highest BCUT2D eigenvalue weighted by Crippen LogP contribution is 2.30.